The zero-order valence-electron chi connectivity index (χ0n) is 19.4. The van der Waals surface area contributed by atoms with Gasteiger partial charge in [-0.25, -0.2) is 0 Å². The van der Waals surface area contributed by atoms with Crippen molar-refractivity contribution in [3.8, 4) is 0 Å². The first-order valence-corrected chi connectivity index (χ1v) is 11.8. The van der Waals surface area contributed by atoms with Crippen LogP contribution in [-0.4, -0.2) is 53.4 Å². The van der Waals surface area contributed by atoms with E-state index in [-0.39, 0.29) is 24.0 Å². The van der Waals surface area contributed by atoms with E-state index in [0.717, 1.165) is 25.7 Å². The normalized spacial score (nSPS) is 24.1. The highest BCUT2D eigenvalue weighted by Gasteiger charge is 2.66. The number of ketones is 1. The van der Waals surface area contributed by atoms with E-state index in [1.54, 1.807) is 30.0 Å². The maximum absolute atomic E-state index is 14.3. The van der Waals surface area contributed by atoms with Crippen molar-refractivity contribution in [3.05, 3.63) is 64.8 Å². The highest BCUT2D eigenvalue weighted by atomic mass is 16.5. The van der Waals surface area contributed by atoms with Gasteiger partial charge >= 0.3 is 0 Å². The molecule has 2 aromatic rings. The standard InChI is InChI=1S/C26H28N2O6/c1-3-4-13-27-19-10-6-5-9-18(19)26(25(27)32)21(22(29)20-12-11-16(2)34-20)23(30)24(31)28(26)15-17-8-7-14-33-17/h5-6,9-12,17,30H,3-4,7-8,13-15H2,1-2H3. The fourth-order valence-corrected chi connectivity index (χ4v) is 5.33. The number of furan rings is 1. The summed E-state index contributed by atoms with van der Waals surface area (Å²) in [7, 11) is 0. The van der Waals surface area contributed by atoms with Gasteiger partial charge in [0.15, 0.2) is 17.1 Å². The van der Waals surface area contributed by atoms with Crippen molar-refractivity contribution >= 4 is 23.3 Å². The number of aryl methyl sites for hydroxylation is 1. The van der Waals surface area contributed by atoms with Crippen LogP contribution in [0.2, 0.25) is 0 Å². The molecule has 3 aliphatic heterocycles. The number of rotatable bonds is 7. The number of aliphatic hydroxyl groups excluding tert-OH is 1. The summed E-state index contributed by atoms with van der Waals surface area (Å²) in [4.78, 5) is 44.5. The van der Waals surface area contributed by atoms with Gasteiger partial charge in [0.1, 0.15) is 5.76 Å². The number of unbranched alkanes of at least 4 members (excludes halogenated alkanes) is 1. The van der Waals surface area contributed by atoms with E-state index >= 15 is 0 Å². The fraction of sp³-hybridized carbons (Fsp3) is 0.423. The van der Waals surface area contributed by atoms with Crippen LogP contribution in [0.4, 0.5) is 5.69 Å². The molecule has 1 aromatic carbocycles. The van der Waals surface area contributed by atoms with E-state index in [4.69, 9.17) is 9.15 Å². The molecule has 34 heavy (non-hydrogen) atoms. The summed E-state index contributed by atoms with van der Waals surface area (Å²) in [5, 5.41) is 11.1. The Bertz CT molecular complexity index is 1190. The Morgan fingerprint density at radius 1 is 1.21 bits per heavy atom. The summed E-state index contributed by atoms with van der Waals surface area (Å²) < 4.78 is 11.3. The molecule has 8 heteroatoms. The maximum Gasteiger partial charge on any atom is 0.290 e. The Morgan fingerprint density at radius 3 is 2.68 bits per heavy atom. The number of nitrogens with zero attached hydrogens (tertiary/aromatic N) is 2. The van der Waals surface area contributed by atoms with Gasteiger partial charge in [-0.2, -0.15) is 0 Å². The minimum Gasteiger partial charge on any atom is -0.503 e. The number of benzene rings is 1. The van der Waals surface area contributed by atoms with Gasteiger partial charge in [0.05, 0.1) is 17.4 Å². The molecule has 1 N–H and O–H groups in total. The number of amides is 2. The Morgan fingerprint density at radius 2 is 2.00 bits per heavy atom. The van der Waals surface area contributed by atoms with Gasteiger partial charge in [-0.15, -0.1) is 0 Å². The number of anilines is 1. The number of para-hydroxylation sites is 1. The number of carbonyl (C=O) groups is 3. The van der Waals surface area contributed by atoms with E-state index in [9.17, 15) is 19.5 Å². The third kappa shape index (κ3) is 3.12. The third-order valence-electron chi connectivity index (χ3n) is 6.93. The molecule has 3 aliphatic rings. The highest BCUT2D eigenvalue weighted by Crippen LogP contribution is 2.53. The summed E-state index contributed by atoms with van der Waals surface area (Å²) in [6.45, 7) is 4.85. The number of Topliss-reactive ketones (excluding diaryl/α,β-unsaturated/α-hetero) is 1. The lowest BCUT2D eigenvalue weighted by Crippen LogP contribution is -2.55. The van der Waals surface area contributed by atoms with Gasteiger partial charge in [-0.05, 0) is 44.4 Å². The lowest BCUT2D eigenvalue weighted by molar-refractivity contribution is -0.141. The van der Waals surface area contributed by atoms with Gasteiger partial charge < -0.3 is 24.1 Å². The van der Waals surface area contributed by atoms with Crippen LogP contribution in [0.1, 0.15) is 54.5 Å². The first-order valence-electron chi connectivity index (χ1n) is 11.8. The van der Waals surface area contributed by atoms with E-state index in [1.807, 2.05) is 19.1 Å². The number of ether oxygens (including phenoxy) is 1. The molecule has 1 aromatic heterocycles. The van der Waals surface area contributed by atoms with Gasteiger partial charge in [-0.3, -0.25) is 14.4 Å². The zero-order valence-corrected chi connectivity index (χ0v) is 19.4. The van der Waals surface area contributed by atoms with Gasteiger partial charge in [0.25, 0.3) is 11.8 Å². The van der Waals surface area contributed by atoms with Gasteiger partial charge in [0, 0.05) is 25.3 Å². The number of hydrogen-bond acceptors (Lipinski definition) is 6. The molecule has 0 aliphatic carbocycles. The number of carbonyl (C=O) groups excluding carboxylic acids is 3. The second-order valence-corrected chi connectivity index (χ2v) is 9.05. The van der Waals surface area contributed by atoms with Crippen molar-refractivity contribution in [2.45, 2.75) is 51.2 Å². The van der Waals surface area contributed by atoms with Crippen molar-refractivity contribution < 1.29 is 28.6 Å². The molecule has 2 atom stereocenters. The average molecular weight is 465 g/mol. The van der Waals surface area contributed by atoms with Crippen LogP contribution in [0.15, 0.2) is 52.1 Å². The number of fused-ring (bicyclic) bond motifs is 2. The zero-order chi connectivity index (χ0) is 24.0. The van der Waals surface area contributed by atoms with Crippen LogP contribution in [0, 0.1) is 6.92 Å². The molecule has 2 unspecified atom stereocenters. The number of aliphatic hydroxyl groups is 1. The van der Waals surface area contributed by atoms with Crippen molar-refractivity contribution in [2.24, 2.45) is 0 Å². The SMILES string of the molecule is CCCCN1C(=O)C2(C(C(=O)c3ccc(C)o3)=C(O)C(=O)N2CC2CCCO2)c2ccccc21. The smallest absolute Gasteiger partial charge is 0.290 e. The van der Waals surface area contributed by atoms with E-state index in [1.165, 1.54) is 11.0 Å². The third-order valence-corrected chi connectivity index (χ3v) is 6.93. The molecule has 0 bridgehead atoms. The topological polar surface area (TPSA) is 100 Å². The summed E-state index contributed by atoms with van der Waals surface area (Å²) in [6, 6.07) is 10.3. The molecule has 0 saturated carbocycles. The molecule has 1 spiro atoms. The summed E-state index contributed by atoms with van der Waals surface area (Å²) >= 11 is 0. The van der Waals surface area contributed by atoms with Crippen LogP contribution < -0.4 is 4.90 Å². The molecule has 8 nitrogen and oxygen atoms in total. The highest BCUT2D eigenvalue weighted by molar-refractivity contribution is 6.25. The molecule has 178 valence electrons. The van der Waals surface area contributed by atoms with Crippen LogP contribution in [-0.2, 0) is 19.9 Å². The van der Waals surface area contributed by atoms with Gasteiger partial charge in [0.2, 0.25) is 5.78 Å². The maximum atomic E-state index is 14.3. The predicted octanol–water partition coefficient (Wildman–Crippen LogP) is 3.65. The Balaban J connectivity index is 1.72. The quantitative estimate of drug-likeness (QED) is 0.628. The monoisotopic (exact) mass is 464 g/mol. The first-order chi connectivity index (χ1) is 16.4. The Hall–Kier alpha value is -3.39. The second kappa shape index (κ2) is 8.43. The van der Waals surface area contributed by atoms with Crippen LogP contribution in [0.25, 0.3) is 0 Å². The molecular weight excluding hydrogens is 436 g/mol. The molecule has 2 amide bonds. The lowest BCUT2D eigenvalue weighted by atomic mass is 9.81. The Kier molecular flexibility index (Phi) is 5.56. The van der Waals surface area contributed by atoms with Crippen molar-refractivity contribution in [2.75, 3.05) is 24.6 Å². The molecular formula is C26H28N2O6. The van der Waals surface area contributed by atoms with Crippen molar-refractivity contribution in [1.29, 1.82) is 0 Å². The minimum absolute atomic E-state index is 0.0255. The largest absolute Gasteiger partial charge is 0.503 e. The molecule has 5 rings (SSSR count). The molecule has 1 saturated heterocycles. The number of hydrogen-bond donors (Lipinski definition) is 1. The fourth-order valence-electron chi connectivity index (χ4n) is 5.33. The van der Waals surface area contributed by atoms with E-state index in [2.05, 4.69) is 0 Å². The summed E-state index contributed by atoms with van der Waals surface area (Å²) in [5.41, 5.74) is -0.865. The predicted molar refractivity (Wildman–Crippen MR) is 123 cm³/mol. The average Bonchev–Trinajstić information content (AvgIpc) is 3.59. The lowest BCUT2D eigenvalue weighted by Gasteiger charge is -2.36. The minimum atomic E-state index is -1.77. The summed E-state index contributed by atoms with van der Waals surface area (Å²) in [5.74, 6) is -2.05. The van der Waals surface area contributed by atoms with Crippen LogP contribution in [0.5, 0.6) is 0 Å². The first kappa shape index (κ1) is 22.4. The van der Waals surface area contributed by atoms with E-state index < -0.39 is 28.9 Å². The van der Waals surface area contributed by atoms with Crippen LogP contribution >= 0.6 is 0 Å². The molecule has 4 heterocycles. The summed E-state index contributed by atoms with van der Waals surface area (Å²) in [6.07, 6.45) is 2.93. The van der Waals surface area contributed by atoms with Gasteiger partial charge in [-0.1, -0.05) is 31.5 Å². The molecule has 0 radical (unpaired) electrons. The Labute approximate surface area is 197 Å². The second-order valence-electron chi connectivity index (χ2n) is 9.05. The van der Waals surface area contributed by atoms with Crippen molar-refractivity contribution in [3.63, 3.8) is 0 Å². The van der Waals surface area contributed by atoms with Crippen LogP contribution in [0.3, 0.4) is 0 Å². The molecule has 1 fully saturated rings. The van der Waals surface area contributed by atoms with E-state index in [0.29, 0.717) is 30.2 Å². The van der Waals surface area contributed by atoms with Crippen molar-refractivity contribution in [1.82, 2.24) is 4.90 Å².